The van der Waals surface area contributed by atoms with Gasteiger partial charge < -0.3 is 14.2 Å². The molecule has 2 aliphatic heterocycles. The Morgan fingerprint density at radius 3 is 2.88 bits per heavy atom. The van der Waals surface area contributed by atoms with Crippen LogP contribution in [-0.2, 0) is 17.8 Å². The maximum atomic E-state index is 14.3. The Morgan fingerprint density at radius 1 is 1.24 bits per heavy atom. The van der Waals surface area contributed by atoms with E-state index in [4.69, 9.17) is 16.3 Å². The van der Waals surface area contributed by atoms with E-state index in [1.807, 2.05) is 11.8 Å². The lowest BCUT2D eigenvalue weighted by Gasteiger charge is -2.31. The predicted molar refractivity (Wildman–Crippen MR) is 120 cm³/mol. The van der Waals surface area contributed by atoms with Gasteiger partial charge in [-0.1, -0.05) is 23.2 Å². The molecule has 172 valence electrons. The predicted octanol–water partition coefficient (Wildman–Crippen LogP) is 3.49. The highest BCUT2D eigenvalue weighted by Gasteiger charge is 2.28. The van der Waals surface area contributed by atoms with E-state index in [0.717, 1.165) is 24.8 Å². The Hall–Kier alpha value is -3.04. The number of hydrogen-bond acceptors (Lipinski definition) is 6. The molecule has 1 unspecified atom stereocenters. The largest absolute Gasteiger partial charge is 0.360 e. The first-order valence-electron chi connectivity index (χ1n) is 10.9. The molecule has 5 rings (SSSR count). The number of carbonyl (C=O) groups is 1. The van der Waals surface area contributed by atoms with Gasteiger partial charge in [-0.3, -0.25) is 9.59 Å². The summed E-state index contributed by atoms with van der Waals surface area (Å²) < 4.78 is 23.0. The molecule has 0 amide bonds. The minimum atomic E-state index is -0.557. The summed E-state index contributed by atoms with van der Waals surface area (Å²) in [7, 11) is 0. The van der Waals surface area contributed by atoms with Crippen LogP contribution in [0.15, 0.2) is 35.4 Å². The smallest absolute Gasteiger partial charge is 0.290 e. The fourth-order valence-electron chi connectivity index (χ4n) is 4.38. The van der Waals surface area contributed by atoms with Gasteiger partial charge in [0.05, 0.1) is 30.2 Å². The molecule has 4 heterocycles. The molecular weight excluding hydrogens is 449 g/mol. The van der Waals surface area contributed by atoms with Gasteiger partial charge in [0.1, 0.15) is 22.4 Å². The number of fused-ring (bicyclic) bond motifs is 1. The van der Waals surface area contributed by atoms with Crippen LogP contribution < -0.4 is 10.5 Å². The first kappa shape index (κ1) is 21.8. The quantitative estimate of drug-likeness (QED) is 0.542. The van der Waals surface area contributed by atoms with Gasteiger partial charge in [0.2, 0.25) is 5.78 Å². The van der Waals surface area contributed by atoms with E-state index in [1.54, 1.807) is 22.9 Å². The van der Waals surface area contributed by atoms with E-state index < -0.39 is 17.8 Å². The Morgan fingerprint density at radius 2 is 2.09 bits per heavy atom. The Labute approximate surface area is 194 Å². The van der Waals surface area contributed by atoms with Gasteiger partial charge in [0, 0.05) is 19.7 Å². The summed E-state index contributed by atoms with van der Waals surface area (Å²) in [5.74, 6) is -0.328. The molecule has 0 N–H and O–H groups in total. The van der Waals surface area contributed by atoms with Crippen LogP contribution >= 0.6 is 11.6 Å². The molecule has 0 bridgehead atoms. The highest BCUT2D eigenvalue weighted by Crippen LogP contribution is 2.28. The molecule has 10 heteroatoms. The lowest BCUT2D eigenvalue weighted by atomic mass is 10.1. The molecule has 1 fully saturated rings. The van der Waals surface area contributed by atoms with Crippen molar-refractivity contribution in [1.29, 1.82) is 0 Å². The second-order valence-corrected chi connectivity index (χ2v) is 8.74. The minimum absolute atomic E-state index is 0.0286. The third-order valence-corrected chi connectivity index (χ3v) is 6.51. The number of benzene rings is 1. The average Bonchev–Trinajstić information content (AvgIpc) is 3.26. The van der Waals surface area contributed by atoms with E-state index in [2.05, 4.69) is 10.1 Å². The molecule has 0 aliphatic carbocycles. The number of nitrogens with zero attached hydrogens (tertiary/aromatic N) is 5. The van der Waals surface area contributed by atoms with Crippen LogP contribution in [0, 0.1) is 12.7 Å². The van der Waals surface area contributed by atoms with Gasteiger partial charge in [0.25, 0.3) is 5.56 Å². The van der Waals surface area contributed by atoms with Gasteiger partial charge in [-0.25, -0.2) is 9.37 Å². The van der Waals surface area contributed by atoms with Gasteiger partial charge in [-0.05, 0) is 38.3 Å². The number of hydrogen-bond donors (Lipinski definition) is 0. The minimum Gasteiger partial charge on any atom is -0.360 e. The molecule has 0 radical (unpaired) electrons. The highest BCUT2D eigenvalue weighted by molar-refractivity contribution is 6.33. The van der Waals surface area contributed by atoms with Crippen LogP contribution in [0.25, 0.3) is 0 Å². The van der Waals surface area contributed by atoms with E-state index in [9.17, 15) is 14.0 Å². The first-order valence-corrected chi connectivity index (χ1v) is 11.3. The lowest BCUT2D eigenvalue weighted by molar-refractivity contribution is -0.0424. The molecule has 1 aromatic carbocycles. The maximum absolute atomic E-state index is 14.3. The van der Waals surface area contributed by atoms with Crippen molar-refractivity contribution in [2.75, 3.05) is 18.1 Å². The molecule has 1 atom stereocenters. The Balaban J connectivity index is 1.40. The average molecular weight is 472 g/mol. The number of anilines is 1. The van der Waals surface area contributed by atoms with E-state index in [1.165, 1.54) is 16.9 Å². The fourth-order valence-corrected chi connectivity index (χ4v) is 4.63. The van der Waals surface area contributed by atoms with Crippen molar-refractivity contribution in [1.82, 2.24) is 19.3 Å². The molecule has 3 aromatic rings. The summed E-state index contributed by atoms with van der Waals surface area (Å²) in [6.45, 7) is 3.68. The van der Waals surface area contributed by atoms with Gasteiger partial charge in [-0.15, -0.1) is 0 Å². The molecular formula is C23H23ClFN5O3. The van der Waals surface area contributed by atoms with Crippen molar-refractivity contribution in [2.24, 2.45) is 0 Å². The second-order valence-electron chi connectivity index (χ2n) is 8.36. The van der Waals surface area contributed by atoms with Crippen LogP contribution in [-0.4, -0.2) is 38.3 Å². The third-order valence-electron chi connectivity index (χ3n) is 6.16. The van der Waals surface area contributed by atoms with E-state index in [0.29, 0.717) is 43.4 Å². The van der Waals surface area contributed by atoms with Crippen molar-refractivity contribution in [3.05, 3.63) is 74.4 Å². The number of carbonyl (C=O) groups excluding carboxylic acids is 1. The zero-order valence-electron chi connectivity index (χ0n) is 18.1. The summed E-state index contributed by atoms with van der Waals surface area (Å²) in [5, 5.41) is 4.40. The standard InChI is InChI=1S/C23H23ClFN5O3/c1-14-5-6-16(25)15(10-14)22(31)18-11-26-19-13-28(7-8-29(18)19)17-12-27-30(23(32)21(17)24)20-4-2-3-9-33-20/h5-6,10-12,20H,2-4,7-9,13H2,1H3. The zero-order chi connectivity index (χ0) is 23.1. The normalized spacial score (nSPS) is 18.3. The van der Waals surface area contributed by atoms with Gasteiger partial charge >= 0.3 is 0 Å². The number of aromatic nitrogens is 4. The summed E-state index contributed by atoms with van der Waals surface area (Å²) in [6, 6.07) is 4.47. The molecule has 0 saturated carbocycles. The van der Waals surface area contributed by atoms with Crippen LogP contribution in [0.4, 0.5) is 10.1 Å². The molecule has 2 aromatic heterocycles. The molecule has 0 spiro atoms. The van der Waals surface area contributed by atoms with Crippen molar-refractivity contribution in [3.63, 3.8) is 0 Å². The van der Waals surface area contributed by atoms with Crippen molar-refractivity contribution < 1.29 is 13.9 Å². The maximum Gasteiger partial charge on any atom is 0.290 e. The van der Waals surface area contributed by atoms with Gasteiger partial charge in [-0.2, -0.15) is 9.78 Å². The molecule has 33 heavy (non-hydrogen) atoms. The number of aryl methyl sites for hydroxylation is 1. The van der Waals surface area contributed by atoms with Crippen molar-refractivity contribution in [2.45, 2.75) is 45.5 Å². The van der Waals surface area contributed by atoms with Crippen LogP contribution in [0.5, 0.6) is 0 Å². The topological polar surface area (TPSA) is 82.2 Å². The monoisotopic (exact) mass is 471 g/mol. The first-order chi connectivity index (χ1) is 15.9. The fraction of sp³-hybridized carbons (Fsp3) is 0.391. The third kappa shape index (κ3) is 3.95. The van der Waals surface area contributed by atoms with Gasteiger partial charge in [0.15, 0.2) is 6.23 Å². The summed E-state index contributed by atoms with van der Waals surface area (Å²) in [4.78, 5) is 32.1. The number of ketones is 1. The summed E-state index contributed by atoms with van der Waals surface area (Å²) in [5.41, 5.74) is 1.30. The highest BCUT2D eigenvalue weighted by atomic mass is 35.5. The Bertz CT molecular complexity index is 1280. The SMILES string of the molecule is Cc1ccc(F)c(C(=O)c2cnc3n2CCN(c2cnn(C4CCCCO4)c(=O)c2Cl)C3)c1. The summed E-state index contributed by atoms with van der Waals surface area (Å²) in [6.07, 6.45) is 5.32. The van der Waals surface area contributed by atoms with Crippen molar-refractivity contribution >= 4 is 23.1 Å². The number of halogens is 2. The number of rotatable bonds is 4. The molecule has 8 nitrogen and oxygen atoms in total. The summed E-state index contributed by atoms with van der Waals surface area (Å²) >= 11 is 6.45. The number of ether oxygens (including phenoxy) is 1. The molecule has 1 saturated heterocycles. The number of imidazole rings is 1. The van der Waals surface area contributed by atoms with E-state index >= 15 is 0 Å². The van der Waals surface area contributed by atoms with E-state index in [-0.39, 0.29) is 16.1 Å². The van der Waals surface area contributed by atoms with Crippen LogP contribution in [0.1, 0.15) is 52.9 Å². The van der Waals surface area contributed by atoms with Crippen molar-refractivity contribution in [3.8, 4) is 0 Å². The Kier molecular flexibility index (Phi) is 5.76. The zero-order valence-corrected chi connectivity index (χ0v) is 18.9. The molecule has 2 aliphatic rings. The lowest BCUT2D eigenvalue weighted by Crippen LogP contribution is -2.37. The second kappa shape index (κ2) is 8.72. The van der Waals surface area contributed by atoms with Crippen LogP contribution in [0.2, 0.25) is 5.02 Å². The van der Waals surface area contributed by atoms with Crippen LogP contribution in [0.3, 0.4) is 0 Å².